The smallest absolute Gasteiger partial charge is 0.317 e. The van der Waals surface area contributed by atoms with E-state index < -0.39 is 18.4 Å². The fraction of sp³-hybridized carbons (Fsp3) is 0.571. The summed E-state index contributed by atoms with van der Waals surface area (Å²) in [6.07, 6.45) is -0.403. The van der Waals surface area contributed by atoms with Crippen LogP contribution in [0.3, 0.4) is 0 Å². The summed E-state index contributed by atoms with van der Waals surface area (Å²) in [4.78, 5) is 19.1. The van der Waals surface area contributed by atoms with Crippen molar-refractivity contribution in [2.75, 3.05) is 0 Å². The van der Waals surface area contributed by atoms with Crippen LogP contribution in [-0.4, -0.2) is 22.2 Å². The number of nitrogens with zero attached hydrogens (tertiary/aromatic N) is 1. The molecular weight excluding hydrogens is 162 g/mol. The van der Waals surface area contributed by atoms with Crippen LogP contribution < -0.4 is 0 Å². The number of rotatable bonds is 2. The van der Waals surface area contributed by atoms with Crippen LogP contribution in [0.1, 0.15) is 20.3 Å². The molecule has 0 spiro atoms. The third kappa shape index (κ3) is 15.8. The van der Waals surface area contributed by atoms with Gasteiger partial charge >= 0.3 is 11.9 Å². The van der Waals surface area contributed by atoms with Gasteiger partial charge in [0.15, 0.2) is 0 Å². The molecule has 0 unspecified atom stereocenters. The van der Waals surface area contributed by atoms with Gasteiger partial charge in [0.1, 0.15) is 6.42 Å². The summed E-state index contributed by atoms with van der Waals surface area (Å²) in [5.74, 6) is -2.04. The Morgan fingerprint density at radius 1 is 1.42 bits per heavy atom. The zero-order valence-corrected chi connectivity index (χ0v) is 6.94. The van der Waals surface area contributed by atoms with E-state index >= 15 is 0 Å². The van der Waals surface area contributed by atoms with Crippen molar-refractivity contribution in [2.24, 2.45) is 5.92 Å². The third-order valence-electron chi connectivity index (χ3n) is 0.724. The van der Waals surface area contributed by atoms with E-state index in [9.17, 15) is 9.59 Å². The highest BCUT2D eigenvalue weighted by molar-refractivity contribution is 5.69. The van der Waals surface area contributed by atoms with Crippen molar-refractivity contribution in [3.8, 4) is 6.07 Å². The summed E-state index contributed by atoms with van der Waals surface area (Å²) in [5.41, 5.74) is 0. The second kappa shape index (κ2) is 7.54. The van der Waals surface area contributed by atoms with Gasteiger partial charge in [-0.3, -0.25) is 9.59 Å². The molecule has 5 heteroatoms. The molecule has 5 nitrogen and oxygen atoms in total. The average Bonchev–Trinajstić information content (AvgIpc) is 1.87. The van der Waals surface area contributed by atoms with Crippen LogP contribution in [0.15, 0.2) is 0 Å². The molecule has 0 aliphatic heterocycles. The van der Waals surface area contributed by atoms with Gasteiger partial charge in [-0.15, -0.1) is 0 Å². The number of hydrogen-bond donors (Lipinski definition) is 2. The lowest BCUT2D eigenvalue weighted by Crippen LogP contribution is -2.03. The number of nitriles is 1. The minimum atomic E-state index is -1.07. The molecule has 0 saturated carbocycles. The lowest BCUT2D eigenvalue weighted by Gasteiger charge is -1.89. The van der Waals surface area contributed by atoms with Crippen LogP contribution in [-0.2, 0) is 9.59 Å². The zero-order valence-electron chi connectivity index (χ0n) is 6.94. The second-order valence-electron chi connectivity index (χ2n) is 2.22. The van der Waals surface area contributed by atoms with Gasteiger partial charge in [0.25, 0.3) is 0 Å². The van der Waals surface area contributed by atoms with Crippen molar-refractivity contribution < 1.29 is 19.8 Å². The third-order valence-corrected chi connectivity index (χ3v) is 0.724. The Kier molecular flexibility index (Phi) is 8.20. The van der Waals surface area contributed by atoms with Gasteiger partial charge in [-0.25, -0.2) is 0 Å². The maximum atomic E-state index is 9.70. The van der Waals surface area contributed by atoms with Crippen LogP contribution in [0.2, 0.25) is 0 Å². The van der Waals surface area contributed by atoms with E-state index in [1.165, 1.54) is 6.07 Å². The topological polar surface area (TPSA) is 98.4 Å². The van der Waals surface area contributed by atoms with Gasteiger partial charge in [0, 0.05) is 0 Å². The van der Waals surface area contributed by atoms with Crippen molar-refractivity contribution in [3.05, 3.63) is 0 Å². The summed E-state index contributed by atoms with van der Waals surface area (Å²) in [7, 11) is 0. The molecule has 0 fully saturated rings. The first-order valence-corrected chi connectivity index (χ1v) is 3.23. The lowest BCUT2D eigenvalue weighted by molar-refractivity contribution is -0.140. The number of carboxylic acids is 2. The Labute approximate surface area is 70.2 Å². The zero-order chi connectivity index (χ0) is 10.1. The summed E-state index contributed by atoms with van der Waals surface area (Å²) < 4.78 is 0. The predicted molar refractivity (Wildman–Crippen MR) is 40.3 cm³/mol. The van der Waals surface area contributed by atoms with E-state index in [0.29, 0.717) is 0 Å². The highest BCUT2D eigenvalue weighted by Gasteiger charge is 1.99. The second-order valence-corrected chi connectivity index (χ2v) is 2.22. The van der Waals surface area contributed by atoms with Crippen LogP contribution >= 0.6 is 0 Å². The lowest BCUT2D eigenvalue weighted by atomic mass is 10.2. The molecule has 12 heavy (non-hydrogen) atoms. The largest absolute Gasteiger partial charge is 0.481 e. The molecule has 0 amide bonds. The minimum absolute atomic E-state index is 0.231. The molecule has 0 atom stereocenters. The van der Waals surface area contributed by atoms with Gasteiger partial charge in [0.05, 0.1) is 12.0 Å². The Morgan fingerprint density at radius 3 is 1.75 bits per heavy atom. The van der Waals surface area contributed by atoms with Crippen molar-refractivity contribution in [1.29, 1.82) is 5.26 Å². The fourth-order valence-corrected chi connectivity index (χ4v) is 0.0676. The van der Waals surface area contributed by atoms with Gasteiger partial charge in [-0.1, -0.05) is 13.8 Å². The van der Waals surface area contributed by atoms with E-state index in [2.05, 4.69) is 0 Å². The summed E-state index contributed by atoms with van der Waals surface area (Å²) >= 11 is 0. The predicted octanol–water partition coefficient (Wildman–Crippen LogP) is 0.712. The quantitative estimate of drug-likeness (QED) is 0.640. The molecule has 0 aliphatic carbocycles. The van der Waals surface area contributed by atoms with Crippen LogP contribution in [0.5, 0.6) is 0 Å². The van der Waals surface area contributed by atoms with E-state index in [1.807, 2.05) is 0 Å². The van der Waals surface area contributed by atoms with Crippen LogP contribution in [0, 0.1) is 17.2 Å². The molecule has 0 aliphatic rings. The Bertz CT molecular complexity index is 192. The van der Waals surface area contributed by atoms with Crippen molar-refractivity contribution in [2.45, 2.75) is 20.3 Å². The van der Waals surface area contributed by atoms with E-state index in [-0.39, 0.29) is 5.92 Å². The van der Waals surface area contributed by atoms with Crippen LogP contribution in [0.4, 0.5) is 0 Å². The van der Waals surface area contributed by atoms with E-state index in [1.54, 1.807) is 13.8 Å². The molecule has 2 N–H and O–H groups in total. The number of aliphatic carboxylic acids is 2. The van der Waals surface area contributed by atoms with Crippen molar-refractivity contribution in [3.63, 3.8) is 0 Å². The highest BCUT2D eigenvalue weighted by atomic mass is 16.4. The van der Waals surface area contributed by atoms with Crippen molar-refractivity contribution in [1.82, 2.24) is 0 Å². The normalized spacial score (nSPS) is 7.83. The van der Waals surface area contributed by atoms with Gasteiger partial charge in [-0.05, 0) is 0 Å². The molecule has 0 aromatic rings. The first kappa shape index (κ1) is 13.1. The highest BCUT2D eigenvalue weighted by Crippen LogP contribution is 1.87. The monoisotopic (exact) mass is 173 g/mol. The Balaban J connectivity index is 0. The Morgan fingerprint density at radius 2 is 1.75 bits per heavy atom. The molecule has 0 aromatic heterocycles. The summed E-state index contributed by atoms with van der Waals surface area (Å²) in [5, 5.41) is 23.3. The standard InChI is InChI=1S/C4H8O2.C3H3NO2/c1-3(2)4(5)6;4-2-1-3(5)6/h3H,1-2H3,(H,5,6);1H2,(H,5,6). The first-order chi connectivity index (χ1) is 5.41. The molecule has 0 heterocycles. The molecule has 0 saturated heterocycles. The van der Waals surface area contributed by atoms with Gasteiger partial charge in [0.2, 0.25) is 0 Å². The molecule has 0 rings (SSSR count). The van der Waals surface area contributed by atoms with E-state index in [0.717, 1.165) is 0 Å². The SMILES string of the molecule is CC(C)C(=O)O.N#CCC(=O)O. The number of hydrogen-bond acceptors (Lipinski definition) is 3. The summed E-state index contributed by atoms with van der Waals surface area (Å²) in [6.45, 7) is 3.28. The molecule has 0 radical (unpaired) electrons. The molecule has 0 bridgehead atoms. The minimum Gasteiger partial charge on any atom is -0.481 e. The van der Waals surface area contributed by atoms with Crippen molar-refractivity contribution >= 4 is 11.9 Å². The van der Waals surface area contributed by atoms with Gasteiger partial charge in [-0.2, -0.15) is 5.26 Å². The van der Waals surface area contributed by atoms with Gasteiger partial charge < -0.3 is 10.2 Å². The average molecular weight is 173 g/mol. The number of carboxylic acid groups (broad SMARTS) is 2. The summed E-state index contributed by atoms with van der Waals surface area (Å²) in [6, 6.07) is 1.47. The Hall–Kier alpha value is -1.57. The maximum absolute atomic E-state index is 9.70. The first-order valence-electron chi connectivity index (χ1n) is 3.23. The number of carbonyl (C=O) groups is 2. The molecule has 0 aromatic carbocycles. The molecular formula is C7H11NO4. The fourth-order valence-electron chi connectivity index (χ4n) is 0.0676. The molecule has 68 valence electrons. The van der Waals surface area contributed by atoms with E-state index in [4.69, 9.17) is 15.5 Å². The maximum Gasteiger partial charge on any atom is 0.317 e. The van der Waals surface area contributed by atoms with Crippen LogP contribution in [0.25, 0.3) is 0 Å².